The number of carbonyl (C=O) groups is 1. The van der Waals surface area contributed by atoms with Crippen LogP contribution in [0.25, 0.3) is 0 Å². The molecule has 1 aliphatic carbocycles. The second-order valence-electron chi connectivity index (χ2n) is 5.75. The van der Waals surface area contributed by atoms with Crippen LogP contribution in [0.2, 0.25) is 0 Å². The summed E-state index contributed by atoms with van der Waals surface area (Å²) in [6.45, 7) is 0. The molecule has 0 amide bonds. The maximum absolute atomic E-state index is 11.3. The number of carboxylic acid groups (broad SMARTS) is 1. The van der Waals surface area contributed by atoms with Gasteiger partial charge in [-0.05, 0) is 0 Å². The van der Waals surface area contributed by atoms with Crippen LogP contribution in [-0.2, 0) is 9.53 Å². The molecule has 0 aromatic carbocycles. The number of methoxy groups -OCH3 is 1. The molecule has 3 aliphatic rings. The Morgan fingerprint density at radius 1 is 1.32 bits per heavy atom. The summed E-state index contributed by atoms with van der Waals surface area (Å²) in [6, 6.07) is 0. The van der Waals surface area contributed by atoms with E-state index in [0.29, 0.717) is 5.57 Å². The predicted octanol–water partition coefficient (Wildman–Crippen LogP) is 0.425. The van der Waals surface area contributed by atoms with Gasteiger partial charge in [-0.25, -0.2) is 0 Å². The monoisotopic (exact) mass is 411 g/mol. The number of rotatable bonds is 2. The van der Waals surface area contributed by atoms with Crippen LogP contribution in [0, 0.1) is 11.8 Å². The quantitative estimate of drug-likeness (QED) is 0.671. The van der Waals surface area contributed by atoms with Crippen LogP contribution in [0.15, 0.2) is 55.3 Å². The molecule has 1 unspecified atom stereocenters. The van der Waals surface area contributed by atoms with Crippen molar-refractivity contribution in [3.05, 3.63) is 55.3 Å². The molecule has 118 valence electrons. The van der Waals surface area contributed by atoms with Crippen LogP contribution in [0.3, 0.4) is 0 Å². The molecular formula is C18H20IO3-. The summed E-state index contributed by atoms with van der Waals surface area (Å²) in [4.78, 5) is 11.3. The fourth-order valence-electron chi connectivity index (χ4n) is 3.22. The van der Waals surface area contributed by atoms with Crippen molar-refractivity contribution in [2.24, 2.45) is 11.8 Å². The number of fused-ring (bicyclic) bond motifs is 3. The van der Waals surface area contributed by atoms with Crippen molar-refractivity contribution in [2.45, 2.75) is 25.4 Å². The van der Waals surface area contributed by atoms with Gasteiger partial charge in [-0.15, -0.1) is 0 Å². The van der Waals surface area contributed by atoms with Gasteiger partial charge in [-0.3, -0.25) is 0 Å². The fraction of sp³-hybridized carbons (Fsp3) is 0.389. The van der Waals surface area contributed by atoms with E-state index in [-0.39, 0.29) is 39.1 Å². The number of ether oxygens (including phenoxy) is 1. The third kappa shape index (κ3) is 3.43. The average Bonchev–Trinajstić information content (AvgIpc) is 2.70. The number of halogens is 1. The maximum atomic E-state index is 11.3. The van der Waals surface area contributed by atoms with Crippen LogP contribution >= 0.6 is 0 Å². The molecule has 0 aromatic rings. The zero-order valence-electron chi connectivity index (χ0n) is 12.5. The molecule has 0 aromatic heterocycles. The summed E-state index contributed by atoms with van der Waals surface area (Å²) in [5.74, 6) is -0.323. The average molecular weight is 411 g/mol. The van der Waals surface area contributed by atoms with E-state index in [1.54, 1.807) is 13.2 Å². The first-order chi connectivity index (χ1) is 10.7. The number of hydrogen-bond donors (Lipinski definition) is 1. The molecule has 0 spiro atoms. The predicted molar refractivity (Wildman–Crippen MR) is 81.8 cm³/mol. The van der Waals surface area contributed by atoms with Gasteiger partial charge in [0.25, 0.3) is 0 Å². The SMILES string of the molecule is CO[C@@H]1CC2=CC=CC=C(CCC3C=C(C(=O)O)C=C[C@@H]31)[I-]2. The Kier molecular flexibility index (Phi) is 4.98. The molecule has 0 saturated carbocycles. The van der Waals surface area contributed by atoms with E-state index in [2.05, 4.69) is 30.4 Å². The minimum atomic E-state index is -0.837. The fourth-order valence-corrected chi connectivity index (χ4v) is 6.12. The number of carboxylic acids is 1. The topological polar surface area (TPSA) is 46.5 Å². The Morgan fingerprint density at radius 3 is 2.82 bits per heavy atom. The van der Waals surface area contributed by atoms with Gasteiger partial charge >= 0.3 is 141 Å². The minimum absolute atomic E-state index is 0.0852. The summed E-state index contributed by atoms with van der Waals surface area (Å²) in [5.41, 5.74) is 0.415. The van der Waals surface area contributed by atoms with E-state index < -0.39 is 5.97 Å². The zero-order valence-corrected chi connectivity index (χ0v) is 14.7. The van der Waals surface area contributed by atoms with Gasteiger partial charge in [-0.2, -0.15) is 0 Å². The molecule has 2 bridgehead atoms. The van der Waals surface area contributed by atoms with E-state index in [1.807, 2.05) is 6.08 Å². The first kappa shape index (κ1) is 15.7. The molecule has 2 aliphatic heterocycles. The summed E-state index contributed by atoms with van der Waals surface area (Å²) < 4.78 is 8.83. The van der Waals surface area contributed by atoms with Gasteiger partial charge in [0.2, 0.25) is 0 Å². The third-order valence-electron chi connectivity index (χ3n) is 4.39. The Balaban J connectivity index is 1.93. The first-order valence-corrected chi connectivity index (χ1v) is 9.70. The van der Waals surface area contributed by atoms with Gasteiger partial charge in [0, 0.05) is 0 Å². The van der Waals surface area contributed by atoms with Gasteiger partial charge in [0.1, 0.15) is 0 Å². The summed E-state index contributed by atoms with van der Waals surface area (Å²) in [7, 11) is 1.77. The zero-order chi connectivity index (χ0) is 15.5. The van der Waals surface area contributed by atoms with Crippen molar-refractivity contribution in [3.63, 3.8) is 0 Å². The Bertz CT molecular complexity index is 610. The standard InChI is InChI=1S/C18H20IO3/c1-22-17-11-15-5-3-2-4-14(19-15)8-6-12-10-13(18(20)21)7-9-16(12)17/h2-5,7,9-10,12,16-17H,6,8,11H2,1H3,(H,20,21)/q-1/t12?,16-,17+/m0/s1. The van der Waals surface area contributed by atoms with Gasteiger partial charge in [-0.1, -0.05) is 0 Å². The van der Waals surface area contributed by atoms with E-state index in [9.17, 15) is 9.90 Å². The van der Waals surface area contributed by atoms with Crippen LogP contribution in [-0.4, -0.2) is 24.3 Å². The van der Waals surface area contributed by atoms with Crippen molar-refractivity contribution in [3.8, 4) is 0 Å². The van der Waals surface area contributed by atoms with Gasteiger partial charge in [0.15, 0.2) is 0 Å². The molecule has 1 saturated heterocycles. The van der Waals surface area contributed by atoms with Crippen LogP contribution in [0.4, 0.5) is 0 Å². The first-order valence-electron chi connectivity index (χ1n) is 7.54. The van der Waals surface area contributed by atoms with Crippen LogP contribution < -0.4 is 21.2 Å². The van der Waals surface area contributed by atoms with Gasteiger partial charge < -0.3 is 0 Å². The molecule has 4 heteroatoms. The van der Waals surface area contributed by atoms with Crippen molar-refractivity contribution < 1.29 is 35.8 Å². The van der Waals surface area contributed by atoms with E-state index >= 15 is 0 Å². The van der Waals surface area contributed by atoms with E-state index in [0.717, 1.165) is 19.3 Å². The van der Waals surface area contributed by atoms with Crippen molar-refractivity contribution in [1.82, 2.24) is 0 Å². The summed E-state index contributed by atoms with van der Waals surface area (Å²) in [6.07, 6.45) is 17.6. The number of allylic oxidation sites excluding steroid dienone is 6. The summed E-state index contributed by atoms with van der Waals surface area (Å²) >= 11 is -0.0852. The Morgan fingerprint density at radius 2 is 2.09 bits per heavy atom. The number of hydrogen-bond acceptors (Lipinski definition) is 2. The van der Waals surface area contributed by atoms with Gasteiger partial charge in [0.05, 0.1) is 0 Å². The molecule has 22 heavy (non-hydrogen) atoms. The normalized spacial score (nSPS) is 31.1. The van der Waals surface area contributed by atoms with Crippen molar-refractivity contribution in [2.75, 3.05) is 7.11 Å². The van der Waals surface area contributed by atoms with Crippen LogP contribution in [0.5, 0.6) is 0 Å². The summed E-state index contributed by atoms with van der Waals surface area (Å²) in [5, 5.41) is 9.25. The molecule has 1 N–H and O–H groups in total. The molecule has 3 nitrogen and oxygen atoms in total. The second kappa shape index (κ2) is 6.96. The molecule has 0 radical (unpaired) electrons. The number of aliphatic carboxylic acids is 1. The van der Waals surface area contributed by atoms with Crippen molar-refractivity contribution in [1.29, 1.82) is 0 Å². The molecular weight excluding hydrogens is 391 g/mol. The van der Waals surface area contributed by atoms with E-state index in [4.69, 9.17) is 4.74 Å². The molecule has 3 rings (SSSR count). The molecule has 1 fully saturated rings. The molecule has 2 heterocycles. The second-order valence-corrected chi connectivity index (χ2v) is 9.06. The Hall–Kier alpha value is -1.14. The third-order valence-corrected chi connectivity index (χ3v) is 7.47. The Labute approximate surface area is 141 Å². The van der Waals surface area contributed by atoms with Crippen molar-refractivity contribution >= 4 is 5.97 Å². The van der Waals surface area contributed by atoms with Crippen LogP contribution in [0.1, 0.15) is 19.3 Å². The molecule has 3 atom stereocenters. The van der Waals surface area contributed by atoms with E-state index in [1.165, 1.54) is 7.16 Å².